The fourth-order valence-corrected chi connectivity index (χ4v) is 3.37. The topological polar surface area (TPSA) is 66.8 Å². The van der Waals surface area contributed by atoms with Crippen LogP contribution in [0.15, 0.2) is 54.1 Å². The van der Waals surface area contributed by atoms with Crippen molar-refractivity contribution in [1.82, 2.24) is 4.90 Å². The number of hydrogen-bond acceptors (Lipinski definition) is 4. The van der Waals surface area contributed by atoms with Crippen molar-refractivity contribution < 1.29 is 23.8 Å². The van der Waals surface area contributed by atoms with Gasteiger partial charge in [0.1, 0.15) is 11.6 Å². The van der Waals surface area contributed by atoms with Gasteiger partial charge in [-0.25, -0.2) is 4.39 Å². The van der Waals surface area contributed by atoms with Gasteiger partial charge in [-0.1, -0.05) is 23.7 Å². The summed E-state index contributed by atoms with van der Waals surface area (Å²) >= 11 is 5.96. The van der Waals surface area contributed by atoms with Crippen molar-refractivity contribution in [2.24, 2.45) is 0 Å². The fourth-order valence-electron chi connectivity index (χ4n) is 3.24. The van der Waals surface area contributed by atoms with Crippen LogP contribution < -0.4 is 0 Å². The van der Waals surface area contributed by atoms with E-state index in [9.17, 15) is 19.1 Å². The van der Waals surface area contributed by atoms with Crippen LogP contribution in [-0.2, 0) is 14.3 Å². The number of nitrogens with zero attached hydrogens (tertiary/aromatic N) is 1. The van der Waals surface area contributed by atoms with Crippen LogP contribution in [0.3, 0.4) is 0 Å². The van der Waals surface area contributed by atoms with Crippen LogP contribution >= 0.6 is 11.6 Å². The minimum Gasteiger partial charge on any atom is -0.507 e. The number of carbonyl (C=O) groups is 2. The first-order chi connectivity index (χ1) is 13.4. The van der Waals surface area contributed by atoms with E-state index in [1.807, 2.05) is 0 Å². The van der Waals surface area contributed by atoms with Crippen LogP contribution in [0, 0.1) is 5.82 Å². The molecule has 0 spiro atoms. The fraction of sp³-hybridized carbons (Fsp3) is 0.238. The second kappa shape index (κ2) is 8.54. The Morgan fingerprint density at radius 3 is 2.39 bits per heavy atom. The smallest absolute Gasteiger partial charge is 0.295 e. The number of rotatable bonds is 6. The summed E-state index contributed by atoms with van der Waals surface area (Å²) in [6.45, 7) is 0.709. The molecule has 1 atom stereocenters. The zero-order chi connectivity index (χ0) is 20.3. The van der Waals surface area contributed by atoms with Crippen molar-refractivity contribution in [2.45, 2.75) is 12.5 Å². The molecule has 0 radical (unpaired) electrons. The normalized spacial score (nSPS) is 18.7. The van der Waals surface area contributed by atoms with Gasteiger partial charge in [0.15, 0.2) is 0 Å². The number of ketones is 1. The highest BCUT2D eigenvalue weighted by molar-refractivity contribution is 6.46. The number of hydrogen-bond donors (Lipinski definition) is 1. The van der Waals surface area contributed by atoms with Crippen molar-refractivity contribution in [3.8, 4) is 0 Å². The largest absolute Gasteiger partial charge is 0.507 e. The average Bonchev–Trinajstić information content (AvgIpc) is 2.94. The zero-order valence-electron chi connectivity index (χ0n) is 15.2. The molecule has 1 aliphatic rings. The summed E-state index contributed by atoms with van der Waals surface area (Å²) in [7, 11) is 1.55. The number of aliphatic hydroxyl groups excluding tert-OH is 1. The molecular formula is C21H19ClFNO4. The zero-order valence-corrected chi connectivity index (χ0v) is 15.9. The molecule has 1 heterocycles. The van der Waals surface area contributed by atoms with Gasteiger partial charge in [0.25, 0.3) is 11.7 Å². The average molecular weight is 404 g/mol. The van der Waals surface area contributed by atoms with Crippen LogP contribution in [0.5, 0.6) is 0 Å². The molecule has 0 aliphatic carbocycles. The number of Topliss-reactive ketones (excluding diaryl/α,β-unsaturated/α-hetero) is 1. The van der Waals surface area contributed by atoms with Crippen molar-refractivity contribution in [3.63, 3.8) is 0 Å². The first kappa shape index (κ1) is 20.0. The van der Waals surface area contributed by atoms with Crippen LogP contribution in [0.2, 0.25) is 5.02 Å². The summed E-state index contributed by atoms with van der Waals surface area (Å²) in [5.41, 5.74) is 0.872. The molecule has 28 heavy (non-hydrogen) atoms. The molecule has 1 saturated heterocycles. The van der Waals surface area contributed by atoms with E-state index in [2.05, 4.69) is 0 Å². The molecule has 3 rings (SSSR count). The second-order valence-electron chi connectivity index (χ2n) is 6.40. The number of carbonyl (C=O) groups excluding carboxylic acids is 2. The lowest BCUT2D eigenvalue weighted by Crippen LogP contribution is -2.31. The Morgan fingerprint density at radius 1 is 1.14 bits per heavy atom. The Labute approximate surface area is 167 Å². The molecule has 0 aromatic heterocycles. The molecule has 1 amide bonds. The van der Waals surface area contributed by atoms with Crippen molar-refractivity contribution >= 4 is 29.1 Å². The van der Waals surface area contributed by atoms with E-state index >= 15 is 0 Å². The molecule has 1 aliphatic heterocycles. The lowest BCUT2D eigenvalue weighted by molar-refractivity contribution is -0.140. The van der Waals surface area contributed by atoms with Gasteiger partial charge in [0.05, 0.1) is 11.6 Å². The maximum absolute atomic E-state index is 13.2. The van der Waals surface area contributed by atoms with Gasteiger partial charge in [-0.2, -0.15) is 0 Å². The molecule has 0 saturated carbocycles. The van der Waals surface area contributed by atoms with E-state index in [4.69, 9.17) is 16.3 Å². The first-order valence-corrected chi connectivity index (χ1v) is 9.10. The Morgan fingerprint density at radius 2 is 1.79 bits per heavy atom. The van der Waals surface area contributed by atoms with Gasteiger partial charge >= 0.3 is 0 Å². The number of halogens is 2. The molecular weight excluding hydrogens is 385 g/mol. The molecule has 2 aromatic rings. The number of benzene rings is 2. The van der Waals surface area contributed by atoms with Crippen molar-refractivity contribution in [1.29, 1.82) is 0 Å². The third-order valence-corrected chi connectivity index (χ3v) is 4.84. The van der Waals surface area contributed by atoms with E-state index in [1.54, 1.807) is 31.4 Å². The molecule has 5 nitrogen and oxygen atoms in total. The van der Waals surface area contributed by atoms with Gasteiger partial charge in [0, 0.05) is 30.8 Å². The van der Waals surface area contributed by atoms with E-state index in [-0.39, 0.29) is 23.4 Å². The Bertz CT molecular complexity index is 909. The molecule has 1 unspecified atom stereocenters. The Balaban J connectivity index is 2.10. The molecule has 7 heteroatoms. The highest BCUT2D eigenvalue weighted by Gasteiger charge is 2.45. The van der Waals surface area contributed by atoms with Gasteiger partial charge < -0.3 is 14.7 Å². The van der Waals surface area contributed by atoms with Crippen LogP contribution in [0.4, 0.5) is 4.39 Å². The summed E-state index contributed by atoms with van der Waals surface area (Å²) < 4.78 is 18.3. The number of likely N-dealkylation sites (tertiary alicyclic amines) is 1. The van der Waals surface area contributed by atoms with E-state index in [1.165, 1.54) is 29.2 Å². The van der Waals surface area contributed by atoms with E-state index in [0.29, 0.717) is 23.6 Å². The lowest BCUT2D eigenvalue weighted by Gasteiger charge is -2.25. The van der Waals surface area contributed by atoms with Crippen LogP contribution in [-0.4, -0.2) is 42.0 Å². The first-order valence-electron chi connectivity index (χ1n) is 8.72. The predicted molar refractivity (Wildman–Crippen MR) is 103 cm³/mol. The summed E-state index contributed by atoms with van der Waals surface area (Å²) in [5.74, 6) is -2.28. The molecule has 1 N–H and O–H groups in total. The highest BCUT2D eigenvalue weighted by Crippen LogP contribution is 2.39. The summed E-state index contributed by atoms with van der Waals surface area (Å²) in [6, 6.07) is 11.1. The number of methoxy groups -OCH3 is 1. The van der Waals surface area contributed by atoms with Crippen molar-refractivity contribution in [3.05, 3.63) is 76.1 Å². The molecule has 2 aromatic carbocycles. The summed E-state index contributed by atoms with van der Waals surface area (Å²) in [4.78, 5) is 26.8. The number of ether oxygens (including phenoxy) is 1. The monoisotopic (exact) mass is 403 g/mol. The molecule has 1 fully saturated rings. The van der Waals surface area contributed by atoms with Crippen molar-refractivity contribution in [2.75, 3.05) is 20.3 Å². The van der Waals surface area contributed by atoms with E-state index < -0.39 is 23.5 Å². The van der Waals surface area contributed by atoms with Gasteiger partial charge in [-0.15, -0.1) is 0 Å². The minimum atomic E-state index is -0.779. The van der Waals surface area contributed by atoms with Gasteiger partial charge in [-0.3, -0.25) is 9.59 Å². The SMILES string of the molecule is COCCCN1C(=O)C(=O)/C(=C(\O)c2ccc(F)cc2)C1c1ccc(Cl)cc1. The minimum absolute atomic E-state index is 0.0312. The Kier molecular flexibility index (Phi) is 6.11. The quantitative estimate of drug-likeness (QED) is 0.343. The lowest BCUT2D eigenvalue weighted by atomic mass is 9.95. The molecule has 0 bridgehead atoms. The third kappa shape index (κ3) is 3.93. The maximum atomic E-state index is 13.2. The highest BCUT2D eigenvalue weighted by atomic mass is 35.5. The Hall–Kier alpha value is -2.70. The second-order valence-corrected chi connectivity index (χ2v) is 6.83. The standard InChI is InChI=1S/C21H19ClFNO4/c1-28-12-2-11-24-18(13-3-7-15(22)8-4-13)17(20(26)21(24)27)19(25)14-5-9-16(23)10-6-14/h3-10,18,25H,2,11-12H2,1H3/b19-17-. The van der Waals surface area contributed by atoms with Crippen LogP contribution in [0.1, 0.15) is 23.6 Å². The van der Waals surface area contributed by atoms with Gasteiger partial charge in [-0.05, 0) is 48.4 Å². The van der Waals surface area contributed by atoms with Gasteiger partial charge in [0.2, 0.25) is 0 Å². The predicted octanol–water partition coefficient (Wildman–Crippen LogP) is 3.94. The van der Waals surface area contributed by atoms with E-state index in [0.717, 1.165) is 0 Å². The molecule has 146 valence electrons. The maximum Gasteiger partial charge on any atom is 0.295 e. The van der Waals surface area contributed by atoms with Crippen LogP contribution in [0.25, 0.3) is 5.76 Å². The summed E-state index contributed by atoms with van der Waals surface area (Å²) in [5, 5.41) is 11.3. The number of aliphatic hydroxyl groups is 1. The summed E-state index contributed by atoms with van der Waals surface area (Å²) in [6.07, 6.45) is 0.532. The number of amides is 1. The third-order valence-electron chi connectivity index (χ3n) is 4.59.